The van der Waals surface area contributed by atoms with Crippen LogP contribution in [0.25, 0.3) is 0 Å². The van der Waals surface area contributed by atoms with Crippen LogP contribution in [0.2, 0.25) is 0 Å². The molecular weight excluding hydrogens is 334 g/mol. The number of hydrogen-bond donors (Lipinski definition) is 0. The number of piperidine rings is 1. The van der Waals surface area contributed by atoms with Crippen molar-refractivity contribution in [3.05, 3.63) is 35.9 Å². The molecule has 0 radical (unpaired) electrons. The molecular formula is C24H40NO2+. The number of quaternary nitrogens is 1. The fraction of sp³-hybridized carbons (Fsp3) is 0.750. The summed E-state index contributed by atoms with van der Waals surface area (Å²) in [6.07, 6.45) is 6.54. The minimum Gasteiger partial charge on any atom is -0.350 e. The first-order valence-corrected chi connectivity index (χ1v) is 11.0. The fourth-order valence-electron chi connectivity index (χ4n) is 5.18. The fourth-order valence-corrected chi connectivity index (χ4v) is 5.18. The second kappa shape index (κ2) is 9.07. The van der Waals surface area contributed by atoms with Gasteiger partial charge in [0.05, 0.1) is 19.7 Å². The lowest BCUT2D eigenvalue weighted by Crippen LogP contribution is -2.54. The van der Waals surface area contributed by atoms with Crippen LogP contribution in [0.3, 0.4) is 0 Å². The largest absolute Gasteiger partial charge is 0.350 e. The van der Waals surface area contributed by atoms with Gasteiger partial charge in [0.1, 0.15) is 19.2 Å². The highest BCUT2D eigenvalue weighted by Crippen LogP contribution is 2.31. The maximum absolute atomic E-state index is 6.37. The van der Waals surface area contributed by atoms with Gasteiger partial charge in [-0.15, -0.1) is 0 Å². The summed E-state index contributed by atoms with van der Waals surface area (Å²) >= 11 is 0. The lowest BCUT2D eigenvalue weighted by molar-refractivity contribution is -0.947. The van der Waals surface area contributed by atoms with Gasteiger partial charge in [0.15, 0.2) is 6.29 Å². The van der Waals surface area contributed by atoms with Crippen LogP contribution in [0.15, 0.2) is 30.3 Å². The zero-order valence-corrected chi connectivity index (χ0v) is 18.0. The summed E-state index contributed by atoms with van der Waals surface area (Å²) < 4.78 is 13.6. The Hall–Kier alpha value is -0.900. The summed E-state index contributed by atoms with van der Waals surface area (Å²) in [5, 5.41) is 0. The van der Waals surface area contributed by atoms with Crippen LogP contribution in [-0.4, -0.2) is 43.1 Å². The van der Waals surface area contributed by atoms with E-state index < -0.39 is 0 Å². The van der Waals surface area contributed by atoms with E-state index in [2.05, 4.69) is 58.0 Å². The van der Waals surface area contributed by atoms with Crippen LogP contribution in [-0.2, 0) is 16.0 Å². The van der Waals surface area contributed by atoms with Gasteiger partial charge < -0.3 is 14.0 Å². The first-order chi connectivity index (χ1) is 12.8. The summed E-state index contributed by atoms with van der Waals surface area (Å²) in [5.41, 5.74) is 1.82. The molecule has 0 aromatic heterocycles. The van der Waals surface area contributed by atoms with Crippen molar-refractivity contribution >= 4 is 0 Å². The van der Waals surface area contributed by atoms with Crippen molar-refractivity contribution in [1.82, 2.24) is 0 Å². The molecule has 2 saturated heterocycles. The smallest absolute Gasteiger partial charge is 0.158 e. The number of nitrogens with zero attached hydrogens (tertiary/aromatic N) is 1. The first-order valence-electron chi connectivity index (χ1n) is 11.0. The summed E-state index contributed by atoms with van der Waals surface area (Å²) in [6.45, 7) is 14.8. The van der Waals surface area contributed by atoms with Crippen LogP contribution < -0.4 is 0 Å². The van der Waals surface area contributed by atoms with Gasteiger partial charge in [0.25, 0.3) is 0 Å². The van der Waals surface area contributed by atoms with E-state index in [4.69, 9.17) is 9.47 Å². The highest BCUT2D eigenvalue weighted by atomic mass is 16.7. The molecule has 2 heterocycles. The lowest BCUT2D eigenvalue weighted by Gasteiger charge is -2.42. The molecule has 2 aliphatic heterocycles. The molecule has 0 aliphatic carbocycles. The molecule has 0 bridgehead atoms. The molecule has 2 fully saturated rings. The van der Waals surface area contributed by atoms with E-state index >= 15 is 0 Å². The van der Waals surface area contributed by atoms with E-state index in [1.165, 1.54) is 48.8 Å². The van der Waals surface area contributed by atoms with Gasteiger partial charge in [-0.1, -0.05) is 58.0 Å². The quantitative estimate of drug-likeness (QED) is 0.596. The number of ether oxygens (including phenoxy) is 2. The number of benzene rings is 1. The highest BCUT2D eigenvalue weighted by molar-refractivity contribution is 5.13. The Bertz CT molecular complexity index is 559. The number of rotatable bonds is 7. The van der Waals surface area contributed by atoms with Crippen LogP contribution >= 0.6 is 0 Å². The van der Waals surface area contributed by atoms with Crippen molar-refractivity contribution in [2.75, 3.05) is 26.2 Å². The second-order valence-electron chi connectivity index (χ2n) is 10.3. The van der Waals surface area contributed by atoms with Gasteiger partial charge in [-0.05, 0) is 37.0 Å². The minimum absolute atomic E-state index is 0.00563. The zero-order chi connectivity index (χ0) is 19.3. The molecule has 0 unspecified atom stereocenters. The van der Waals surface area contributed by atoms with Gasteiger partial charge in [-0.2, -0.15) is 0 Å². The maximum Gasteiger partial charge on any atom is 0.158 e. The van der Waals surface area contributed by atoms with Gasteiger partial charge in [0.2, 0.25) is 0 Å². The molecule has 1 aromatic carbocycles. The van der Waals surface area contributed by atoms with Crippen molar-refractivity contribution in [3.63, 3.8) is 0 Å². The van der Waals surface area contributed by atoms with E-state index in [9.17, 15) is 0 Å². The highest BCUT2D eigenvalue weighted by Gasteiger charge is 2.38. The molecule has 152 valence electrons. The molecule has 3 rings (SSSR count). The monoisotopic (exact) mass is 374 g/mol. The van der Waals surface area contributed by atoms with Crippen LogP contribution in [0.5, 0.6) is 0 Å². The van der Waals surface area contributed by atoms with Crippen molar-refractivity contribution in [2.45, 2.75) is 78.7 Å². The summed E-state index contributed by atoms with van der Waals surface area (Å²) in [7, 11) is 0. The summed E-state index contributed by atoms with van der Waals surface area (Å²) in [5.74, 6) is 0.635. The molecule has 0 saturated carbocycles. The Labute approximate surface area is 166 Å². The van der Waals surface area contributed by atoms with E-state index in [-0.39, 0.29) is 12.4 Å². The Balaban J connectivity index is 1.55. The maximum atomic E-state index is 6.37. The normalized spacial score (nSPS) is 26.8. The molecule has 3 nitrogen and oxygen atoms in total. The van der Waals surface area contributed by atoms with Gasteiger partial charge in [0, 0.05) is 12.0 Å². The van der Waals surface area contributed by atoms with E-state index in [1.54, 1.807) is 0 Å². The molecule has 0 amide bonds. The van der Waals surface area contributed by atoms with Gasteiger partial charge in [-0.25, -0.2) is 0 Å². The third-order valence-electron chi connectivity index (χ3n) is 6.08. The van der Waals surface area contributed by atoms with Crippen molar-refractivity contribution in [2.24, 2.45) is 11.3 Å². The molecule has 3 heteroatoms. The van der Waals surface area contributed by atoms with E-state index in [1.807, 2.05) is 0 Å². The van der Waals surface area contributed by atoms with Crippen LogP contribution in [0.1, 0.15) is 65.4 Å². The predicted octanol–water partition coefficient (Wildman–Crippen LogP) is 5.39. The summed E-state index contributed by atoms with van der Waals surface area (Å²) in [4.78, 5) is 0. The lowest BCUT2D eigenvalue weighted by atomic mass is 9.84. The van der Waals surface area contributed by atoms with Crippen molar-refractivity contribution in [1.29, 1.82) is 0 Å². The van der Waals surface area contributed by atoms with Crippen LogP contribution in [0, 0.1) is 11.3 Å². The van der Waals surface area contributed by atoms with E-state index in [0.29, 0.717) is 11.3 Å². The van der Waals surface area contributed by atoms with Crippen molar-refractivity contribution < 1.29 is 14.0 Å². The average molecular weight is 375 g/mol. The minimum atomic E-state index is -0.00563. The SMILES string of the molecule is C[C@H](C[C@@H]1OC[C@@H](C[N+]2(Cc3ccccc3)CCCCC2)O1)CC(C)(C)C. The average Bonchev–Trinajstić information content (AvgIpc) is 3.01. The predicted molar refractivity (Wildman–Crippen MR) is 111 cm³/mol. The molecule has 3 atom stereocenters. The Morgan fingerprint density at radius 1 is 1.07 bits per heavy atom. The second-order valence-corrected chi connectivity index (χ2v) is 10.3. The standard InChI is InChI=1S/C24H40NO2/c1-20(16-24(2,3)4)15-23-26-19-22(27-23)18-25(13-9-6-10-14-25)17-21-11-7-5-8-12-21/h5,7-8,11-12,20,22-23H,6,9-10,13-19H2,1-4H3/q+1/t20-,22-,23-/m1/s1. The zero-order valence-electron chi connectivity index (χ0n) is 18.0. The topological polar surface area (TPSA) is 18.5 Å². The van der Waals surface area contributed by atoms with Crippen molar-refractivity contribution in [3.8, 4) is 0 Å². The van der Waals surface area contributed by atoms with E-state index in [0.717, 1.165) is 26.1 Å². The number of likely N-dealkylation sites (tertiary alicyclic amines) is 1. The molecule has 1 aromatic rings. The Morgan fingerprint density at radius 2 is 1.78 bits per heavy atom. The Kier molecular flexibility index (Phi) is 6.99. The molecule has 27 heavy (non-hydrogen) atoms. The first kappa shape index (κ1) is 20.8. The molecule has 0 N–H and O–H groups in total. The molecule has 2 aliphatic rings. The van der Waals surface area contributed by atoms with Crippen LogP contribution in [0.4, 0.5) is 0 Å². The third kappa shape index (κ3) is 6.58. The third-order valence-corrected chi connectivity index (χ3v) is 6.08. The number of hydrogen-bond acceptors (Lipinski definition) is 2. The van der Waals surface area contributed by atoms with Gasteiger partial charge >= 0.3 is 0 Å². The van der Waals surface area contributed by atoms with Gasteiger partial charge in [-0.3, -0.25) is 0 Å². The Morgan fingerprint density at radius 3 is 2.44 bits per heavy atom. The molecule has 0 spiro atoms. The summed E-state index contributed by atoms with van der Waals surface area (Å²) in [6, 6.07) is 11.0.